The number of nitro benzene ring substituents is 2. The highest BCUT2D eigenvalue weighted by Crippen LogP contribution is 2.27. The van der Waals surface area contributed by atoms with Gasteiger partial charge in [-0.05, 0) is 35.9 Å². The molecule has 0 fully saturated rings. The number of anilines is 1. The summed E-state index contributed by atoms with van der Waals surface area (Å²) in [5.41, 5.74) is 0.327. The topological polar surface area (TPSA) is 98.3 Å². The van der Waals surface area contributed by atoms with Crippen molar-refractivity contribution in [1.29, 1.82) is 0 Å². The molecule has 0 unspecified atom stereocenters. The molecule has 8 heteroatoms. The first kappa shape index (κ1) is 14.7. The molecule has 0 aliphatic rings. The summed E-state index contributed by atoms with van der Waals surface area (Å²) >= 11 is 5.76. The molecular weight excluding hydrogens is 298 g/mol. The summed E-state index contributed by atoms with van der Waals surface area (Å²) in [5, 5.41) is 25.2. The fourth-order valence-corrected chi connectivity index (χ4v) is 1.88. The van der Waals surface area contributed by atoms with Crippen LogP contribution in [0.3, 0.4) is 0 Å². The van der Waals surface area contributed by atoms with Crippen molar-refractivity contribution in [3.05, 3.63) is 73.3 Å². The predicted octanol–water partition coefficient (Wildman–Crippen LogP) is 3.77. The molecular formula is C13H10ClN3O4. The summed E-state index contributed by atoms with van der Waals surface area (Å²) in [6.07, 6.45) is 0. The van der Waals surface area contributed by atoms with Gasteiger partial charge in [0.2, 0.25) is 0 Å². The number of halogens is 1. The van der Waals surface area contributed by atoms with Gasteiger partial charge in [-0.15, -0.1) is 0 Å². The molecule has 2 aromatic carbocycles. The summed E-state index contributed by atoms with van der Waals surface area (Å²) in [7, 11) is 0. The lowest BCUT2D eigenvalue weighted by Crippen LogP contribution is -2.02. The van der Waals surface area contributed by atoms with E-state index in [1.807, 2.05) is 0 Å². The standard InChI is InChI=1S/C13H10ClN3O4/c14-10-2-4-11(5-3-10)15-8-9-1-6-12(16(18)19)13(7-9)17(20)21/h1-7,15H,8H2. The van der Waals surface area contributed by atoms with Crippen LogP contribution in [0, 0.1) is 20.2 Å². The van der Waals surface area contributed by atoms with E-state index in [1.165, 1.54) is 12.1 Å². The minimum Gasteiger partial charge on any atom is -0.381 e. The second-order valence-corrected chi connectivity index (χ2v) is 4.63. The van der Waals surface area contributed by atoms with E-state index in [4.69, 9.17) is 11.6 Å². The molecule has 0 aliphatic heterocycles. The van der Waals surface area contributed by atoms with Crippen molar-refractivity contribution in [3.63, 3.8) is 0 Å². The Bertz CT molecular complexity index is 688. The average molecular weight is 308 g/mol. The average Bonchev–Trinajstić information content (AvgIpc) is 2.46. The fourth-order valence-electron chi connectivity index (χ4n) is 1.75. The number of benzene rings is 2. The van der Waals surface area contributed by atoms with Gasteiger partial charge in [-0.1, -0.05) is 11.6 Å². The van der Waals surface area contributed by atoms with Crippen molar-refractivity contribution in [2.24, 2.45) is 0 Å². The predicted molar refractivity (Wildman–Crippen MR) is 78.5 cm³/mol. The number of nitrogens with one attached hydrogen (secondary N) is 1. The van der Waals surface area contributed by atoms with Crippen LogP contribution in [0.5, 0.6) is 0 Å². The van der Waals surface area contributed by atoms with Crippen molar-refractivity contribution >= 4 is 28.7 Å². The SMILES string of the molecule is O=[N+]([O-])c1ccc(CNc2ccc(Cl)cc2)cc1[N+](=O)[O-]. The Morgan fingerprint density at radius 3 is 2.14 bits per heavy atom. The zero-order valence-electron chi connectivity index (χ0n) is 10.7. The molecule has 21 heavy (non-hydrogen) atoms. The van der Waals surface area contributed by atoms with E-state index < -0.39 is 21.2 Å². The summed E-state index contributed by atoms with van der Waals surface area (Å²) in [6, 6.07) is 10.8. The van der Waals surface area contributed by atoms with E-state index in [1.54, 1.807) is 24.3 Å². The minimum absolute atomic E-state index is 0.306. The molecule has 1 N–H and O–H groups in total. The van der Waals surface area contributed by atoms with Gasteiger partial charge in [-0.3, -0.25) is 20.2 Å². The maximum absolute atomic E-state index is 10.9. The van der Waals surface area contributed by atoms with Gasteiger partial charge >= 0.3 is 11.4 Å². The van der Waals surface area contributed by atoms with Crippen LogP contribution < -0.4 is 5.32 Å². The molecule has 0 amide bonds. The third-order valence-electron chi connectivity index (χ3n) is 2.77. The maximum Gasteiger partial charge on any atom is 0.346 e. The van der Waals surface area contributed by atoms with E-state index in [-0.39, 0.29) is 0 Å². The molecule has 2 rings (SSSR count). The molecule has 7 nitrogen and oxygen atoms in total. The first-order valence-electron chi connectivity index (χ1n) is 5.88. The van der Waals surface area contributed by atoms with Crippen LogP contribution in [0.25, 0.3) is 0 Å². The van der Waals surface area contributed by atoms with E-state index in [0.29, 0.717) is 17.1 Å². The van der Waals surface area contributed by atoms with E-state index in [2.05, 4.69) is 5.32 Å². The largest absolute Gasteiger partial charge is 0.381 e. The minimum atomic E-state index is -0.769. The Morgan fingerprint density at radius 2 is 1.57 bits per heavy atom. The quantitative estimate of drug-likeness (QED) is 0.669. The van der Waals surface area contributed by atoms with Crippen LogP contribution in [-0.2, 0) is 6.54 Å². The van der Waals surface area contributed by atoms with Gasteiger partial charge in [-0.2, -0.15) is 0 Å². The first-order valence-corrected chi connectivity index (χ1v) is 6.26. The van der Waals surface area contributed by atoms with Gasteiger partial charge in [0.1, 0.15) is 0 Å². The third-order valence-corrected chi connectivity index (χ3v) is 3.03. The zero-order chi connectivity index (χ0) is 15.4. The molecule has 0 radical (unpaired) electrons. The Morgan fingerprint density at radius 1 is 0.952 bits per heavy atom. The Hall–Kier alpha value is -2.67. The van der Waals surface area contributed by atoms with Gasteiger partial charge in [0.05, 0.1) is 9.85 Å². The van der Waals surface area contributed by atoms with Crippen LogP contribution in [-0.4, -0.2) is 9.85 Å². The monoisotopic (exact) mass is 307 g/mol. The number of rotatable bonds is 5. The molecule has 0 aromatic heterocycles. The van der Waals surface area contributed by atoms with E-state index in [0.717, 1.165) is 11.8 Å². The fraction of sp³-hybridized carbons (Fsp3) is 0.0769. The van der Waals surface area contributed by atoms with Crippen molar-refractivity contribution in [2.45, 2.75) is 6.54 Å². The van der Waals surface area contributed by atoms with Crippen LogP contribution in [0.2, 0.25) is 5.02 Å². The number of hydrogen-bond acceptors (Lipinski definition) is 5. The normalized spacial score (nSPS) is 10.1. The van der Waals surface area contributed by atoms with Crippen LogP contribution in [0.15, 0.2) is 42.5 Å². The molecule has 0 saturated carbocycles. The van der Waals surface area contributed by atoms with Crippen LogP contribution in [0.4, 0.5) is 17.1 Å². The molecule has 0 heterocycles. The van der Waals surface area contributed by atoms with Crippen LogP contribution in [0.1, 0.15) is 5.56 Å². The molecule has 2 aromatic rings. The lowest BCUT2D eigenvalue weighted by molar-refractivity contribution is -0.422. The highest BCUT2D eigenvalue weighted by Gasteiger charge is 2.23. The lowest BCUT2D eigenvalue weighted by atomic mass is 10.1. The Balaban J connectivity index is 2.17. The number of hydrogen-bond donors (Lipinski definition) is 1. The molecule has 0 bridgehead atoms. The second kappa shape index (κ2) is 6.19. The number of nitro groups is 2. The summed E-state index contributed by atoms with van der Waals surface area (Å²) < 4.78 is 0. The van der Waals surface area contributed by atoms with Gasteiger partial charge in [0, 0.05) is 29.4 Å². The van der Waals surface area contributed by atoms with Crippen molar-refractivity contribution < 1.29 is 9.85 Å². The van der Waals surface area contributed by atoms with Gasteiger partial charge < -0.3 is 5.32 Å². The summed E-state index contributed by atoms with van der Waals surface area (Å²) in [5.74, 6) is 0. The smallest absolute Gasteiger partial charge is 0.346 e. The lowest BCUT2D eigenvalue weighted by Gasteiger charge is -2.06. The van der Waals surface area contributed by atoms with Crippen molar-refractivity contribution in [1.82, 2.24) is 0 Å². The summed E-state index contributed by atoms with van der Waals surface area (Å²) in [6.45, 7) is 0.306. The summed E-state index contributed by atoms with van der Waals surface area (Å²) in [4.78, 5) is 20.0. The van der Waals surface area contributed by atoms with Gasteiger partial charge in [0.15, 0.2) is 0 Å². The zero-order valence-corrected chi connectivity index (χ0v) is 11.4. The van der Waals surface area contributed by atoms with Crippen LogP contribution >= 0.6 is 11.6 Å². The molecule has 0 spiro atoms. The number of nitrogens with zero attached hydrogens (tertiary/aromatic N) is 2. The Kier molecular flexibility index (Phi) is 4.34. The maximum atomic E-state index is 10.9. The van der Waals surface area contributed by atoms with Gasteiger partial charge in [-0.25, -0.2) is 0 Å². The third kappa shape index (κ3) is 3.67. The van der Waals surface area contributed by atoms with Gasteiger partial charge in [0.25, 0.3) is 0 Å². The highest BCUT2D eigenvalue weighted by atomic mass is 35.5. The molecule has 0 aliphatic carbocycles. The van der Waals surface area contributed by atoms with Crippen molar-refractivity contribution in [3.8, 4) is 0 Å². The van der Waals surface area contributed by atoms with E-state index >= 15 is 0 Å². The first-order chi connectivity index (χ1) is 9.97. The second-order valence-electron chi connectivity index (χ2n) is 4.20. The van der Waals surface area contributed by atoms with Crippen molar-refractivity contribution in [2.75, 3.05) is 5.32 Å². The molecule has 0 atom stereocenters. The molecule has 0 saturated heterocycles. The molecule has 108 valence electrons. The Labute approximate surface area is 124 Å². The highest BCUT2D eigenvalue weighted by molar-refractivity contribution is 6.30. The van der Waals surface area contributed by atoms with E-state index in [9.17, 15) is 20.2 Å².